The summed E-state index contributed by atoms with van der Waals surface area (Å²) in [7, 11) is 0. The quantitative estimate of drug-likeness (QED) is 0.889. The largest absolute Gasteiger partial charge is 0.471 e. The third-order valence-corrected chi connectivity index (χ3v) is 2.27. The smallest absolute Gasteiger partial charge is 0.318 e. The van der Waals surface area contributed by atoms with Crippen molar-refractivity contribution in [2.45, 2.75) is 39.0 Å². The molecule has 0 aliphatic carbocycles. The first-order valence-corrected chi connectivity index (χ1v) is 5.80. The number of benzene rings is 1. The predicted molar refractivity (Wildman–Crippen MR) is 67.7 cm³/mol. The van der Waals surface area contributed by atoms with Gasteiger partial charge in [0.1, 0.15) is 0 Å². The lowest BCUT2D eigenvalue weighted by atomic mass is 10.1. The van der Waals surface area contributed by atoms with Gasteiger partial charge in [0.15, 0.2) is 0 Å². The fraction of sp³-hybridized carbons (Fsp3) is 0.462. The number of rotatable bonds is 3. The molecule has 0 radical (unpaired) electrons. The van der Waals surface area contributed by atoms with Gasteiger partial charge in [0.2, 0.25) is 0 Å². The molecular formula is C13H17F3N2O. The number of anilines is 1. The van der Waals surface area contributed by atoms with Gasteiger partial charge in [0.05, 0.1) is 0 Å². The van der Waals surface area contributed by atoms with Crippen molar-refractivity contribution in [2.24, 2.45) is 0 Å². The molecule has 0 aliphatic rings. The van der Waals surface area contributed by atoms with Crippen LogP contribution in [0.15, 0.2) is 24.3 Å². The minimum absolute atomic E-state index is 0.0920. The molecule has 1 aromatic carbocycles. The van der Waals surface area contributed by atoms with Crippen molar-refractivity contribution in [3.63, 3.8) is 0 Å². The Morgan fingerprint density at radius 1 is 1.21 bits per heavy atom. The van der Waals surface area contributed by atoms with Gasteiger partial charge in [-0.3, -0.25) is 4.79 Å². The number of halogens is 3. The molecule has 0 spiro atoms. The van der Waals surface area contributed by atoms with E-state index in [0.29, 0.717) is 6.54 Å². The van der Waals surface area contributed by atoms with Crippen molar-refractivity contribution in [3.8, 4) is 0 Å². The molecule has 19 heavy (non-hydrogen) atoms. The van der Waals surface area contributed by atoms with E-state index in [-0.39, 0.29) is 11.2 Å². The highest BCUT2D eigenvalue weighted by Gasteiger charge is 2.38. The monoisotopic (exact) mass is 274 g/mol. The molecule has 0 aliphatic heterocycles. The average molecular weight is 274 g/mol. The van der Waals surface area contributed by atoms with E-state index in [9.17, 15) is 18.0 Å². The minimum Gasteiger partial charge on any atom is -0.318 e. The second-order valence-electron chi connectivity index (χ2n) is 5.26. The van der Waals surface area contributed by atoms with Gasteiger partial charge in [0.25, 0.3) is 0 Å². The first-order chi connectivity index (χ1) is 8.58. The van der Waals surface area contributed by atoms with Crippen LogP contribution in [-0.4, -0.2) is 17.6 Å². The van der Waals surface area contributed by atoms with Gasteiger partial charge in [-0.1, -0.05) is 12.1 Å². The third kappa shape index (κ3) is 5.74. The highest BCUT2D eigenvalue weighted by molar-refractivity contribution is 5.94. The van der Waals surface area contributed by atoms with E-state index in [2.05, 4.69) is 5.32 Å². The topological polar surface area (TPSA) is 41.1 Å². The maximum atomic E-state index is 12.1. The minimum atomic E-state index is -4.88. The molecule has 1 aromatic rings. The lowest BCUT2D eigenvalue weighted by Crippen LogP contribution is -2.35. The lowest BCUT2D eigenvalue weighted by Gasteiger charge is -2.20. The molecule has 0 bridgehead atoms. The van der Waals surface area contributed by atoms with Crippen molar-refractivity contribution < 1.29 is 18.0 Å². The summed E-state index contributed by atoms with van der Waals surface area (Å²) in [6.07, 6.45) is -4.88. The Balaban J connectivity index is 2.70. The van der Waals surface area contributed by atoms with Crippen LogP contribution in [0.2, 0.25) is 0 Å². The van der Waals surface area contributed by atoms with Crippen LogP contribution in [0.4, 0.5) is 18.9 Å². The first kappa shape index (κ1) is 15.5. The van der Waals surface area contributed by atoms with Crippen LogP contribution in [0, 0.1) is 0 Å². The number of carbonyl (C=O) groups is 1. The molecule has 1 rings (SSSR count). The maximum absolute atomic E-state index is 12.1. The van der Waals surface area contributed by atoms with Crippen LogP contribution in [-0.2, 0) is 11.3 Å². The van der Waals surface area contributed by atoms with Crippen molar-refractivity contribution in [1.82, 2.24) is 5.32 Å². The number of carbonyl (C=O) groups excluding carboxylic acids is 1. The van der Waals surface area contributed by atoms with Crippen molar-refractivity contribution in [3.05, 3.63) is 29.8 Å². The van der Waals surface area contributed by atoms with E-state index >= 15 is 0 Å². The third-order valence-electron chi connectivity index (χ3n) is 2.27. The van der Waals surface area contributed by atoms with Gasteiger partial charge >= 0.3 is 12.1 Å². The summed E-state index contributed by atoms with van der Waals surface area (Å²) >= 11 is 0. The van der Waals surface area contributed by atoms with Crippen LogP contribution in [0.25, 0.3) is 0 Å². The molecule has 0 unspecified atom stereocenters. The van der Waals surface area contributed by atoms with Gasteiger partial charge in [0, 0.05) is 17.8 Å². The lowest BCUT2D eigenvalue weighted by molar-refractivity contribution is -0.167. The summed E-state index contributed by atoms with van der Waals surface area (Å²) in [5.41, 5.74) is 0.844. The second-order valence-corrected chi connectivity index (χ2v) is 5.26. The van der Waals surface area contributed by atoms with E-state index < -0.39 is 12.1 Å². The zero-order valence-corrected chi connectivity index (χ0v) is 11.1. The normalized spacial score (nSPS) is 12.3. The molecular weight excluding hydrogens is 257 g/mol. The number of alkyl halides is 3. The van der Waals surface area contributed by atoms with Crippen molar-refractivity contribution >= 4 is 11.6 Å². The molecule has 106 valence electrons. The van der Waals surface area contributed by atoms with Crippen LogP contribution in [0.3, 0.4) is 0 Å². The number of nitrogens with one attached hydrogen (secondary N) is 2. The Kier molecular flexibility index (Phi) is 4.57. The van der Waals surface area contributed by atoms with E-state index in [0.717, 1.165) is 5.56 Å². The van der Waals surface area contributed by atoms with E-state index in [4.69, 9.17) is 0 Å². The molecule has 1 amide bonds. The van der Waals surface area contributed by atoms with Gasteiger partial charge in [-0.05, 0) is 38.5 Å². The molecule has 0 aromatic heterocycles. The van der Waals surface area contributed by atoms with Crippen LogP contribution < -0.4 is 10.6 Å². The standard InChI is InChI=1S/C13H17F3N2O/c1-12(2,3)17-8-9-5-4-6-10(7-9)18-11(19)13(14,15)16/h4-7,17H,8H2,1-3H3,(H,18,19). The zero-order chi connectivity index (χ0) is 14.7. The summed E-state index contributed by atoms with van der Waals surface area (Å²) in [4.78, 5) is 10.8. The highest BCUT2D eigenvalue weighted by atomic mass is 19.4. The zero-order valence-electron chi connectivity index (χ0n) is 11.1. The van der Waals surface area contributed by atoms with Gasteiger partial charge in [-0.25, -0.2) is 0 Å². The van der Waals surface area contributed by atoms with Crippen molar-refractivity contribution in [2.75, 3.05) is 5.32 Å². The Morgan fingerprint density at radius 2 is 1.84 bits per heavy atom. The SMILES string of the molecule is CC(C)(C)NCc1cccc(NC(=O)C(F)(F)F)c1. The highest BCUT2D eigenvalue weighted by Crippen LogP contribution is 2.19. The number of amides is 1. The fourth-order valence-electron chi connectivity index (χ4n) is 1.33. The molecule has 0 fully saturated rings. The Bertz CT molecular complexity index is 450. The maximum Gasteiger partial charge on any atom is 0.471 e. The molecule has 0 saturated carbocycles. The summed E-state index contributed by atoms with van der Waals surface area (Å²) < 4.78 is 36.3. The fourth-order valence-corrected chi connectivity index (χ4v) is 1.33. The molecule has 6 heteroatoms. The number of hydrogen-bond acceptors (Lipinski definition) is 2. The van der Waals surface area contributed by atoms with E-state index in [1.54, 1.807) is 12.1 Å². The summed E-state index contributed by atoms with van der Waals surface area (Å²) in [5, 5.41) is 5.04. The molecule has 3 nitrogen and oxygen atoms in total. The second kappa shape index (κ2) is 5.61. The summed E-state index contributed by atoms with van der Waals surface area (Å²) in [6.45, 7) is 6.48. The Labute approximate surface area is 110 Å². The molecule has 0 saturated heterocycles. The first-order valence-electron chi connectivity index (χ1n) is 5.80. The Morgan fingerprint density at radius 3 is 2.37 bits per heavy atom. The van der Waals surface area contributed by atoms with E-state index in [1.807, 2.05) is 26.1 Å². The van der Waals surface area contributed by atoms with Gasteiger partial charge in [-0.2, -0.15) is 13.2 Å². The number of hydrogen-bond donors (Lipinski definition) is 2. The van der Waals surface area contributed by atoms with Gasteiger partial charge < -0.3 is 10.6 Å². The Hall–Kier alpha value is -1.56. The molecule has 2 N–H and O–H groups in total. The predicted octanol–water partition coefficient (Wildman–Crippen LogP) is 3.08. The summed E-state index contributed by atoms with van der Waals surface area (Å²) in [5.74, 6) is -1.96. The van der Waals surface area contributed by atoms with Crippen LogP contribution >= 0.6 is 0 Å². The van der Waals surface area contributed by atoms with Crippen LogP contribution in [0.1, 0.15) is 26.3 Å². The van der Waals surface area contributed by atoms with Gasteiger partial charge in [-0.15, -0.1) is 0 Å². The van der Waals surface area contributed by atoms with E-state index in [1.165, 1.54) is 12.1 Å². The molecule has 0 atom stereocenters. The van der Waals surface area contributed by atoms with Crippen molar-refractivity contribution in [1.29, 1.82) is 0 Å². The van der Waals surface area contributed by atoms with Crippen LogP contribution in [0.5, 0.6) is 0 Å². The average Bonchev–Trinajstić information content (AvgIpc) is 2.25. The molecule has 0 heterocycles. The summed E-state index contributed by atoms with van der Waals surface area (Å²) in [6, 6.07) is 6.32.